The summed E-state index contributed by atoms with van der Waals surface area (Å²) in [6.45, 7) is 2.79. The van der Waals surface area contributed by atoms with Crippen LogP contribution in [0.2, 0.25) is 0 Å². The SMILES string of the molecule is C1CCN2CCCC2C1.[2H]C. The van der Waals surface area contributed by atoms with Gasteiger partial charge in [-0.15, -0.1) is 0 Å². The molecule has 0 N–H and O–H groups in total. The summed E-state index contributed by atoms with van der Waals surface area (Å²) in [6.07, 6.45) is 7.38. The van der Waals surface area contributed by atoms with Crippen molar-refractivity contribution in [2.75, 3.05) is 13.1 Å². The van der Waals surface area contributed by atoms with Gasteiger partial charge < -0.3 is 4.90 Å². The van der Waals surface area contributed by atoms with Crippen LogP contribution in [0.5, 0.6) is 0 Å². The molecule has 1 nitrogen and oxygen atoms in total. The Morgan fingerprint density at radius 2 is 1.80 bits per heavy atom. The zero-order chi connectivity index (χ0) is 8.10. The maximum Gasteiger partial charge on any atom is 0.0194 e. The lowest BCUT2D eigenvalue weighted by Crippen LogP contribution is -2.33. The molecule has 0 radical (unpaired) electrons. The van der Waals surface area contributed by atoms with Gasteiger partial charge in [-0.1, -0.05) is 13.8 Å². The van der Waals surface area contributed by atoms with Crippen molar-refractivity contribution in [3.63, 3.8) is 0 Å². The summed E-state index contributed by atoms with van der Waals surface area (Å²) in [5.41, 5.74) is 0. The summed E-state index contributed by atoms with van der Waals surface area (Å²) < 4.78 is 5.75. The normalized spacial score (nSPS) is 33.7. The van der Waals surface area contributed by atoms with Gasteiger partial charge in [-0.05, 0) is 38.8 Å². The zero-order valence-electron chi connectivity index (χ0n) is 7.97. The Morgan fingerprint density at radius 3 is 2.60 bits per heavy atom. The first-order valence-electron chi connectivity index (χ1n) is 5.21. The molecular formula is C9H19N. The molecule has 60 valence electrons. The van der Waals surface area contributed by atoms with Gasteiger partial charge in [0.1, 0.15) is 0 Å². The Morgan fingerprint density at radius 1 is 1.10 bits per heavy atom. The molecule has 2 fully saturated rings. The molecule has 1 atom stereocenters. The standard InChI is InChI=1S/C8H15N.CH4/c1-2-6-9-7-3-5-8(9)4-1;/h8H,1-7H2;1H4/i;1D. The van der Waals surface area contributed by atoms with Gasteiger partial charge in [-0.2, -0.15) is 0 Å². The van der Waals surface area contributed by atoms with E-state index in [1.54, 1.807) is 0 Å². The molecule has 0 aliphatic carbocycles. The maximum atomic E-state index is 5.75. The predicted molar refractivity (Wildman–Crippen MR) is 45.2 cm³/mol. The first-order chi connectivity index (χ1) is 5.47. The van der Waals surface area contributed by atoms with Crippen LogP contribution in [0.25, 0.3) is 0 Å². The second kappa shape index (κ2) is 3.38. The van der Waals surface area contributed by atoms with Crippen LogP contribution in [0.15, 0.2) is 0 Å². The molecule has 2 aliphatic heterocycles. The van der Waals surface area contributed by atoms with Crippen molar-refractivity contribution in [3.8, 4) is 0 Å². The number of fused-ring (bicyclic) bond motifs is 1. The van der Waals surface area contributed by atoms with Crippen LogP contribution in [0.3, 0.4) is 0 Å². The monoisotopic (exact) mass is 142 g/mol. The molecule has 0 amide bonds. The number of hydrogen-bond donors (Lipinski definition) is 0. The summed E-state index contributed by atoms with van der Waals surface area (Å²) in [6, 6.07) is 0.999. The number of nitrogens with zero attached hydrogens (tertiary/aromatic N) is 1. The summed E-state index contributed by atoms with van der Waals surface area (Å²) >= 11 is 0. The third-order valence-corrected chi connectivity index (χ3v) is 2.73. The Labute approximate surface area is 65.8 Å². The predicted octanol–water partition coefficient (Wildman–Crippen LogP) is 2.27. The lowest BCUT2D eigenvalue weighted by atomic mass is 10.0. The zero-order valence-corrected chi connectivity index (χ0v) is 6.97. The quantitative estimate of drug-likeness (QED) is 0.501. The Bertz CT molecular complexity index is 93.7. The average molecular weight is 142 g/mol. The minimum Gasteiger partial charge on any atom is -0.300 e. The van der Waals surface area contributed by atoms with E-state index >= 15 is 0 Å². The minimum atomic E-state index is 0.999. The average Bonchev–Trinajstić information content (AvgIpc) is 2.55. The number of hydrogen-bond acceptors (Lipinski definition) is 1. The second-order valence-corrected chi connectivity index (χ2v) is 3.33. The smallest absolute Gasteiger partial charge is 0.0194 e. The summed E-state index contributed by atoms with van der Waals surface area (Å²) in [5.74, 6) is 0. The minimum absolute atomic E-state index is 0.999. The molecule has 2 rings (SSSR count). The topological polar surface area (TPSA) is 3.24 Å². The largest absolute Gasteiger partial charge is 0.300 e. The van der Waals surface area contributed by atoms with Gasteiger partial charge >= 0.3 is 0 Å². The van der Waals surface area contributed by atoms with Crippen LogP contribution in [0.4, 0.5) is 0 Å². The molecule has 2 aliphatic rings. The molecule has 2 heterocycles. The molecular weight excluding hydrogens is 122 g/mol. The van der Waals surface area contributed by atoms with Crippen molar-refractivity contribution in [2.24, 2.45) is 0 Å². The van der Waals surface area contributed by atoms with E-state index in [1.807, 2.05) is 0 Å². The van der Waals surface area contributed by atoms with Crippen LogP contribution in [-0.4, -0.2) is 24.0 Å². The van der Waals surface area contributed by atoms with Crippen molar-refractivity contribution in [3.05, 3.63) is 0 Å². The fourth-order valence-corrected chi connectivity index (χ4v) is 2.21. The molecule has 0 aromatic heterocycles. The van der Waals surface area contributed by atoms with E-state index < -0.39 is 0 Å². The first kappa shape index (κ1) is 6.66. The molecule has 0 saturated carbocycles. The van der Waals surface area contributed by atoms with Crippen molar-refractivity contribution in [2.45, 2.75) is 45.5 Å². The summed E-state index contributed by atoms with van der Waals surface area (Å²) in [5, 5.41) is 0. The molecule has 1 heteroatoms. The van der Waals surface area contributed by atoms with Gasteiger partial charge in [-0.3, -0.25) is 0 Å². The van der Waals surface area contributed by atoms with E-state index in [0.29, 0.717) is 0 Å². The Hall–Kier alpha value is -0.0400. The van der Waals surface area contributed by atoms with Gasteiger partial charge in [0.15, 0.2) is 0 Å². The fraction of sp³-hybridized carbons (Fsp3) is 1.00. The van der Waals surface area contributed by atoms with Crippen LogP contribution in [0, 0.1) is 0 Å². The van der Waals surface area contributed by atoms with Crippen molar-refractivity contribution in [1.29, 1.82) is 0 Å². The molecule has 2 saturated heterocycles. The highest BCUT2D eigenvalue weighted by Gasteiger charge is 2.25. The fourth-order valence-electron chi connectivity index (χ4n) is 2.21. The number of rotatable bonds is 0. The van der Waals surface area contributed by atoms with E-state index in [0.717, 1.165) is 6.04 Å². The van der Waals surface area contributed by atoms with Crippen molar-refractivity contribution < 1.29 is 1.37 Å². The van der Waals surface area contributed by atoms with Gasteiger partial charge in [0.2, 0.25) is 0 Å². The van der Waals surface area contributed by atoms with E-state index in [4.69, 9.17) is 1.37 Å². The van der Waals surface area contributed by atoms with E-state index in [1.165, 1.54) is 52.6 Å². The molecule has 0 aromatic rings. The molecule has 0 bridgehead atoms. The first-order valence-corrected chi connectivity index (χ1v) is 4.21. The van der Waals surface area contributed by atoms with Gasteiger partial charge in [0.05, 0.1) is 0 Å². The summed E-state index contributed by atoms with van der Waals surface area (Å²) in [7, 11) is 1.25. The molecule has 10 heavy (non-hydrogen) atoms. The third-order valence-electron chi connectivity index (χ3n) is 2.73. The van der Waals surface area contributed by atoms with E-state index in [-0.39, 0.29) is 0 Å². The highest BCUT2D eigenvalue weighted by molar-refractivity contribution is 4.81. The highest BCUT2D eigenvalue weighted by Crippen LogP contribution is 2.25. The van der Waals surface area contributed by atoms with Crippen LogP contribution < -0.4 is 0 Å². The Balaban J connectivity index is 0.000000281. The van der Waals surface area contributed by atoms with E-state index in [9.17, 15) is 0 Å². The highest BCUT2D eigenvalue weighted by atomic mass is 15.2. The van der Waals surface area contributed by atoms with Gasteiger partial charge in [0.25, 0.3) is 0 Å². The van der Waals surface area contributed by atoms with Crippen molar-refractivity contribution >= 4 is 0 Å². The molecule has 0 aromatic carbocycles. The van der Waals surface area contributed by atoms with Gasteiger partial charge in [-0.25, -0.2) is 0 Å². The molecule has 0 spiro atoms. The van der Waals surface area contributed by atoms with Gasteiger partial charge in [0, 0.05) is 7.41 Å². The third kappa shape index (κ3) is 1.34. The van der Waals surface area contributed by atoms with E-state index in [2.05, 4.69) is 4.90 Å². The number of piperidine rings is 1. The second-order valence-electron chi connectivity index (χ2n) is 3.33. The Kier molecular flexibility index (Phi) is 2.25. The van der Waals surface area contributed by atoms with Crippen molar-refractivity contribution in [1.82, 2.24) is 4.90 Å². The lowest BCUT2D eigenvalue weighted by molar-refractivity contribution is 0.198. The lowest BCUT2D eigenvalue weighted by Gasteiger charge is -2.28. The van der Waals surface area contributed by atoms with Crippen LogP contribution in [0.1, 0.15) is 40.9 Å². The molecule has 1 unspecified atom stereocenters. The summed E-state index contributed by atoms with van der Waals surface area (Å²) in [4.78, 5) is 2.67. The van der Waals surface area contributed by atoms with Crippen LogP contribution >= 0.6 is 0 Å². The van der Waals surface area contributed by atoms with Crippen LogP contribution in [-0.2, 0) is 0 Å². The maximum absolute atomic E-state index is 5.75.